The van der Waals surface area contributed by atoms with E-state index in [1.165, 1.54) is 12.1 Å². The minimum absolute atomic E-state index is 0. The Morgan fingerprint density at radius 2 is 2.19 bits per heavy atom. The van der Waals surface area contributed by atoms with Crippen LogP contribution in [0.2, 0.25) is 0 Å². The van der Waals surface area contributed by atoms with Crippen molar-refractivity contribution >= 4 is 18.3 Å². The number of hydrogen-bond donors (Lipinski definition) is 1. The molecule has 0 spiro atoms. The Balaban J connectivity index is 0.00000220. The normalized spacial score (nSPS) is 20.9. The van der Waals surface area contributed by atoms with Gasteiger partial charge in [0.25, 0.3) is 0 Å². The van der Waals surface area contributed by atoms with Crippen LogP contribution in [0.1, 0.15) is 31.7 Å². The molecule has 0 radical (unpaired) electrons. The summed E-state index contributed by atoms with van der Waals surface area (Å²) in [5.41, 5.74) is 6.59. The van der Waals surface area contributed by atoms with Gasteiger partial charge < -0.3 is 10.6 Å². The lowest BCUT2D eigenvalue weighted by Crippen LogP contribution is -2.38. The lowest BCUT2D eigenvalue weighted by molar-refractivity contribution is -0.137. The Labute approximate surface area is 132 Å². The molecule has 1 aliphatic carbocycles. The first-order valence-electron chi connectivity index (χ1n) is 7.39. The molecular formula is C16H24ClFN2O. The second kappa shape index (κ2) is 8.35. The molecule has 0 aliphatic heterocycles. The number of benzene rings is 1. The molecule has 0 bridgehead atoms. The molecule has 118 valence electrons. The average molecular weight is 315 g/mol. The fourth-order valence-electron chi connectivity index (χ4n) is 3.08. The maximum Gasteiger partial charge on any atom is 0.226 e. The summed E-state index contributed by atoms with van der Waals surface area (Å²) in [4.78, 5) is 14.4. The second-order valence-corrected chi connectivity index (χ2v) is 5.52. The van der Waals surface area contributed by atoms with Crippen molar-refractivity contribution in [1.29, 1.82) is 0 Å². The van der Waals surface area contributed by atoms with Crippen molar-refractivity contribution in [2.45, 2.75) is 32.7 Å². The van der Waals surface area contributed by atoms with Gasteiger partial charge in [-0.15, -0.1) is 12.4 Å². The van der Waals surface area contributed by atoms with Gasteiger partial charge in [0, 0.05) is 19.0 Å². The van der Waals surface area contributed by atoms with E-state index in [1.807, 2.05) is 17.9 Å². The summed E-state index contributed by atoms with van der Waals surface area (Å²) >= 11 is 0. The monoisotopic (exact) mass is 314 g/mol. The van der Waals surface area contributed by atoms with Crippen molar-refractivity contribution in [3.63, 3.8) is 0 Å². The summed E-state index contributed by atoms with van der Waals surface area (Å²) < 4.78 is 13.2. The van der Waals surface area contributed by atoms with E-state index in [0.717, 1.165) is 24.8 Å². The van der Waals surface area contributed by atoms with E-state index in [2.05, 4.69) is 0 Å². The van der Waals surface area contributed by atoms with Crippen molar-refractivity contribution in [2.24, 2.45) is 17.6 Å². The van der Waals surface area contributed by atoms with Crippen LogP contribution in [0.15, 0.2) is 24.3 Å². The number of halogens is 2. The van der Waals surface area contributed by atoms with E-state index < -0.39 is 0 Å². The van der Waals surface area contributed by atoms with E-state index in [-0.39, 0.29) is 30.0 Å². The van der Waals surface area contributed by atoms with E-state index in [4.69, 9.17) is 5.73 Å². The number of carbonyl (C=O) groups is 1. The third kappa shape index (κ3) is 4.42. The van der Waals surface area contributed by atoms with Crippen LogP contribution in [-0.2, 0) is 11.3 Å². The van der Waals surface area contributed by atoms with Gasteiger partial charge in [-0.2, -0.15) is 0 Å². The number of carbonyl (C=O) groups excluding carboxylic acids is 1. The summed E-state index contributed by atoms with van der Waals surface area (Å²) in [5.74, 6) is 0.272. The fraction of sp³-hybridized carbons (Fsp3) is 0.562. The zero-order valence-electron chi connectivity index (χ0n) is 12.4. The van der Waals surface area contributed by atoms with Crippen molar-refractivity contribution in [3.05, 3.63) is 35.6 Å². The standard InChI is InChI=1S/C16H23FN2O.ClH/c1-2-19(11-12-5-3-7-14(17)9-12)16(20)15-8-4-6-13(15)10-18;/h3,5,7,9,13,15H,2,4,6,8,10-11,18H2,1H3;1H/t13-,15-;/m1./s1. The van der Waals surface area contributed by atoms with E-state index in [1.54, 1.807) is 6.07 Å². The summed E-state index contributed by atoms with van der Waals surface area (Å²) in [6.07, 6.45) is 3.06. The van der Waals surface area contributed by atoms with Crippen LogP contribution in [0.3, 0.4) is 0 Å². The Kier molecular flexibility index (Phi) is 7.12. The highest BCUT2D eigenvalue weighted by Crippen LogP contribution is 2.32. The molecule has 5 heteroatoms. The zero-order valence-corrected chi connectivity index (χ0v) is 13.2. The average Bonchev–Trinajstić information content (AvgIpc) is 2.92. The maximum atomic E-state index is 13.2. The van der Waals surface area contributed by atoms with Crippen LogP contribution >= 0.6 is 12.4 Å². The highest BCUT2D eigenvalue weighted by Gasteiger charge is 2.34. The molecule has 0 saturated heterocycles. The Bertz CT molecular complexity index is 469. The lowest BCUT2D eigenvalue weighted by atomic mass is 9.94. The summed E-state index contributed by atoms with van der Waals surface area (Å²) in [6, 6.07) is 6.45. The van der Waals surface area contributed by atoms with Crippen molar-refractivity contribution < 1.29 is 9.18 Å². The topological polar surface area (TPSA) is 46.3 Å². The fourth-order valence-corrected chi connectivity index (χ4v) is 3.08. The number of amides is 1. The number of nitrogens with two attached hydrogens (primary N) is 1. The molecule has 0 heterocycles. The summed E-state index contributed by atoms with van der Waals surface area (Å²) in [7, 11) is 0. The van der Waals surface area contributed by atoms with E-state index >= 15 is 0 Å². The number of rotatable bonds is 5. The van der Waals surface area contributed by atoms with Crippen molar-refractivity contribution in [3.8, 4) is 0 Å². The van der Waals surface area contributed by atoms with Gasteiger partial charge >= 0.3 is 0 Å². The second-order valence-electron chi connectivity index (χ2n) is 5.52. The molecule has 21 heavy (non-hydrogen) atoms. The Morgan fingerprint density at radius 1 is 1.43 bits per heavy atom. The predicted molar refractivity (Wildman–Crippen MR) is 84.6 cm³/mol. The quantitative estimate of drug-likeness (QED) is 0.908. The van der Waals surface area contributed by atoms with Gasteiger partial charge in [0.15, 0.2) is 0 Å². The van der Waals surface area contributed by atoms with Crippen LogP contribution in [0, 0.1) is 17.7 Å². The molecular weight excluding hydrogens is 291 g/mol. The van der Waals surface area contributed by atoms with Gasteiger partial charge in [0.2, 0.25) is 5.91 Å². The van der Waals surface area contributed by atoms with Gasteiger partial charge in [0.1, 0.15) is 5.82 Å². The molecule has 1 fully saturated rings. The van der Waals surface area contributed by atoms with Crippen LogP contribution in [0.4, 0.5) is 4.39 Å². The molecule has 0 unspecified atom stereocenters. The van der Waals surface area contributed by atoms with Gasteiger partial charge in [0.05, 0.1) is 0 Å². The third-order valence-electron chi connectivity index (χ3n) is 4.23. The molecule has 0 aromatic heterocycles. The van der Waals surface area contributed by atoms with Crippen LogP contribution in [0.5, 0.6) is 0 Å². The summed E-state index contributed by atoms with van der Waals surface area (Å²) in [5, 5.41) is 0. The predicted octanol–water partition coefficient (Wildman–Crippen LogP) is 2.97. The first kappa shape index (κ1) is 17.9. The molecule has 2 rings (SSSR count). The lowest BCUT2D eigenvalue weighted by Gasteiger charge is -2.27. The molecule has 3 nitrogen and oxygen atoms in total. The number of nitrogens with zero attached hydrogens (tertiary/aromatic N) is 1. The van der Waals surface area contributed by atoms with Gasteiger partial charge in [-0.05, 0) is 49.9 Å². The third-order valence-corrected chi connectivity index (χ3v) is 4.23. The van der Waals surface area contributed by atoms with Gasteiger partial charge in [-0.3, -0.25) is 4.79 Å². The minimum atomic E-state index is -0.258. The molecule has 2 N–H and O–H groups in total. The van der Waals surface area contributed by atoms with Crippen molar-refractivity contribution in [1.82, 2.24) is 4.90 Å². The minimum Gasteiger partial charge on any atom is -0.338 e. The largest absolute Gasteiger partial charge is 0.338 e. The highest BCUT2D eigenvalue weighted by molar-refractivity contribution is 5.85. The molecule has 1 saturated carbocycles. The van der Waals surface area contributed by atoms with Gasteiger partial charge in [-0.1, -0.05) is 18.6 Å². The van der Waals surface area contributed by atoms with Crippen LogP contribution in [-0.4, -0.2) is 23.9 Å². The number of hydrogen-bond acceptors (Lipinski definition) is 2. The van der Waals surface area contributed by atoms with Crippen LogP contribution in [0.25, 0.3) is 0 Å². The van der Waals surface area contributed by atoms with E-state index in [0.29, 0.717) is 25.6 Å². The highest BCUT2D eigenvalue weighted by atomic mass is 35.5. The molecule has 1 amide bonds. The first-order chi connectivity index (χ1) is 9.65. The molecule has 1 aliphatic rings. The smallest absolute Gasteiger partial charge is 0.226 e. The zero-order chi connectivity index (χ0) is 14.5. The van der Waals surface area contributed by atoms with E-state index in [9.17, 15) is 9.18 Å². The first-order valence-corrected chi connectivity index (χ1v) is 7.39. The van der Waals surface area contributed by atoms with Crippen molar-refractivity contribution in [2.75, 3.05) is 13.1 Å². The molecule has 2 atom stereocenters. The SMILES string of the molecule is CCN(Cc1cccc(F)c1)C(=O)[C@@H]1CCC[C@@H]1CN.Cl. The maximum absolute atomic E-state index is 13.2. The molecule has 1 aromatic carbocycles. The van der Waals surface area contributed by atoms with Gasteiger partial charge in [-0.25, -0.2) is 4.39 Å². The summed E-state index contributed by atoms with van der Waals surface area (Å²) in [6.45, 7) is 3.65. The molecule has 1 aromatic rings. The Morgan fingerprint density at radius 3 is 2.81 bits per heavy atom. The Hall–Kier alpha value is -1.13. The van der Waals surface area contributed by atoms with Crippen LogP contribution < -0.4 is 5.73 Å².